The number of rotatable bonds is 2. The van der Waals surface area contributed by atoms with E-state index in [-0.39, 0.29) is 18.4 Å². The van der Waals surface area contributed by atoms with Crippen LogP contribution in [0, 0.1) is 0 Å². The summed E-state index contributed by atoms with van der Waals surface area (Å²) in [6.07, 6.45) is -0.753. The van der Waals surface area contributed by atoms with E-state index in [1.807, 2.05) is 12.1 Å². The fraction of sp³-hybridized carbons (Fsp3) is 0.364. The molecule has 1 amide bonds. The number of aliphatic hydroxyl groups is 1. The van der Waals surface area contributed by atoms with Crippen LogP contribution in [-0.4, -0.2) is 29.5 Å². The van der Waals surface area contributed by atoms with Gasteiger partial charge in [0.15, 0.2) is 0 Å². The molecule has 0 unspecified atom stereocenters. The van der Waals surface area contributed by atoms with E-state index in [1.54, 1.807) is 12.1 Å². The van der Waals surface area contributed by atoms with Crippen molar-refractivity contribution in [1.82, 2.24) is 5.32 Å². The minimum Gasteiger partial charge on any atom is -0.491 e. The number of carbonyl (C=O) groups excluding carboxylic acids is 1. The second-order valence-corrected chi connectivity index (χ2v) is 3.87. The van der Waals surface area contributed by atoms with Gasteiger partial charge >= 0.3 is 0 Å². The molecule has 0 saturated heterocycles. The Hall–Kier alpha value is -1.26. The minimum absolute atomic E-state index is 0.120. The molecule has 86 valence electrons. The van der Waals surface area contributed by atoms with E-state index in [9.17, 15) is 9.90 Å². The number of ether oxygens (including phenoxy) is 1. The zero-order valence-electron chi connectivity index (χ0n) is 8.52. The minimum atomic E-state index is -0.753. The fourth-order valence-corrected chi connectivity index (χ4v) is 1.79. The topological polar surface area (TPSA) is 58.6 Å². The molecular weight excluding hydrogens is 230 g/mol. The van der Waals surface area contributed by atoms with Gasteiger partial charge in [-0.1, -0.05) is 18.2 Å². The standard InChI is InChI=1S/C11H12ClNO3/c12-5-10(14)13-8-6-16-9-4-2-1-3-7(9)11(8)15/h1-4,8,11,15H,5-6H2,(H,13,14)/t8-,11-/m1/s1. The first kappa shape index (κ1) is 11.2. The summed E-state index contributed by atoms with van der Waals surface area (Å²) < 4.78 is 5.43. The van der Waals surface area contributed by atoms with Gasteiger partial charge in [0.25, 0.3) is 0 Å². The van der Waals surface area contributed by atoms with Crippen LogP contribution in [0.1, 0.15) is 11.7 Å². The van der Waals surface area contributed by atoms with Gasteiger partial charge in [0.05, 0.1) is 6.04 Å². The highest BCUT2D eigenvalue weighted by Crippen LogP contribution is 2.31. The molecule has 1 heterocycles. The van der Waals surface area contributed by atoms with Crippen LogP contribution >= 0.6 is 11.6 Å². The van der Waals surface area contributed by atoms with Crippen LogP contribution in [0.25, 0.3) is 0 Å². The molecule has 0 radical (unpaired) electrons. The quantitative estimate of drug-likeness (QED) is 0.755. The van der Waals surface area contributed by atoms with Crippen LogP contribution in [0.15, 0.2) is 24.3 Å². The highest BCUT2D eigenvalue weighted by atomic mass is 35.5. The summed E-state index contributed by atoms with van der Waals surface area (Å²) in [5, 5.41) is 12.6. The number of nitrogens with one attached hydrogen (secondary N) is 1. The van der Waals surface area contributed by atoms with Crippen LogP contribution in [0.2, 0.25) is 0 Å². The summed E-state index contributed by atoms with van der Waals surface area (Å²) in [6, 6.07) is 6.78. The molecule has 2 rings (SSSR count). The van der Waals surface area contributed by atoms with Gasteiger partial charge in [-0.25, -0.2) is 0 Å². The summed E-state index contributed by atoms with van der Waals surface area (Å²) in [6.45, 7) is 0.251. The SMILES string of the molecule is O=C(CCl)N[C@@H]1COc2ccccc2[C@H]1O. The number of fused-ring (bicyclic) bond motifs is 1. The van der Waals surface area contributed by atoms with Gasteiger partial charge in [0.2, 0.25) is 5.91 Å². The van der Waals surface area contributed by atoms with Crippen molar-refractivity contribution in [3.8, 4) is 5.75 Å². The van der Waals surface area contributed by atoms with Crippen LogP contribution in [0.5, 0.6) is 5.75 Å². The zero-order valence-corrected chi connectivity index (χ0v) is 9.28. The van der Waals surface area contributed by atoms with Gasteiger partial charge < -0.3 is 15.2 Å². The highest BCUT2D eigenvalue weighted by molar-refractivity contribution is 6.27. The Morgan fingerprint density at radius 2 is 2.31 bits per heavy atom. The van der Waals surface area contributed by atoms with E-state index in [1.165, 1.54) is 0 Å². The first-order chi connectivity index (χ1) is 7.72. The fourth-order valence-electron chi connectivity index (χ4n) is 1.71. The molecule has 2 N–H and O–H groups in total. The molecule has 0 spiro atoms. The van der Waals surface area contributed by atoms with Gasteiger partial charge in [0.1, 0.15) is 24.3 Å². The second kappa shape index (κ2) is 4.72. The maximum Gasteiger partial charge on any atom is 0.235 e. The Morgan fingerprint density at radius 3 is 3.06 bits per heavy atom. The number of aliphatic hydroxyl groups excluding tert-OH is 1. The lowest BCUT2D eigenvalue weighted by Crippen LogP contribution is -2.46. The van der Waals surface area contributed by atoms with Gasteiger partial charge in [-0.15, -0.1) is 11.6 Å². The number of hydrogen-bond donors (Lipinski definition) is 2. The monoisotopic (exact) mass is 241 g/mol. The second-order valence-electron chi connectivity index (χ2n) is 3.60. The summed E-state index contributed by atoms with van der Waals surface area (Å²) >= 11 is 5.38. The van der Waals surface area contributed by atoms with E-state index in [0.29, 0.717) is 11.3 Å². The molecule has 4 nitrogen and oxygen atoms in total. The molecule has 1 aromatic rings. The van der Waals surface area contributed by atoms with Crippen molar-refractivity contribution in [3.63, 3.8) is 0 Å². The van der Waals surface area contributed by atoms with Crippen molar-refractivity contribution < 1.29 is 14.6 Å². The maximum atomic E-state index is 11.1. The molecule has 1 aliphatic heterocycles. The third-order valence-corrected chi connectivity index (χ3v) is 2.75. The average molecular weight is 242 g/mol. The molecule has 5 heteroatoms. The van der Waals surface area contributed by atoms with Crippen LogP contribution in [0.3, 0.4) is 0 Å². The molecule has 0 fully saturated rings. The lowest BCUT2D eigenvalue weighted by atomic mass is 9.99. The van der Waals surface area contributed by atoms with Crippen LogP contribution < -0.4 is 10.1 Å². The Morgan fingerprint density at radius 1 is 1.56 bits per heavy atom. The van der Waals surface area contributed by atoms with Gasteiger partial charge in [-0.05, 0) is 6.07 Å². The molecular formula is C11H12ClNO3. The van der Waals surface area contributed by atoms with E-state index in [4.69, 9.17) is 16.3 Å². The number of para-hydroxylation sites is 1. The third-order valence-electron chi connectivity index (χ3n) is 2.50. The smallest absolute Gasteiger partial charge is 0.235 e. The van der Waals surface area contributed by atoms with Crippen molar-refractivity contribution in [1.29, 1.82) is 0 Å². The predicted octanol–water partition coefficient (Wildman–Crippen LogP) is 0.836. The van der Waals surface area contributed by atoms with Crippen molar-refractivity contribution >= 4 is 17.5 Å². The van der Waals surface area contributed by atoms with Crippen molar-refractivity contribution in [3.05, 3.63) is 29.8 Å². The van der Waals surface area contributed by atoms with Crippen molar-refractivity contribution in [2.24, 2.45) is 0 Å². The predicted molar refractivity (Wildman–Crippen MR) is 59.5 cm³/mol. The van der Waals surface area contributed by atoms with E-state index in [0.717, 1.165) is 0 Å². The largest absolute Gasteiger partial charge is 0.491 e. The Balaban J connectivity index is 2.15. The normalized spacial score (nSPS) is 23.1. The number of amides is 1. The Bertz CT molecular complexity index is 397. The number of hydrogen-bond acceptors (Lipinski definition) is 3. The zero-order chi connectivity index (χ0) is 11.5. The molecule has 1 aromatic carbocycles. The van der Waals surface area contributed by atoms with Gasteiger partial charge in [-0.3, -0.25) is 4.79 Å². The molecule has 2 atom stereocenters. The van der Waals surface area contributed by atoms with E-state index >= 15 is 0 Å². The van der Waals surface area contributed by atoms with Crippen molar-refractivity contribution in [2.75, 3.05) is 12.5 Å². The number of benzene rings is 1. The Kier molecular flexibility index (Phi) is 3.31. The summed E-state index contributed by atoms with van der Waals surface area (Å²) in [4.78, 5) is 11.1. The first-order valence-corrected chi connectivity index (χ1v) is 5.51. The summed E-state index contributed by atoms with van der Waals surface area (Å²) in [5.41, 5.74) is 0.689. The number of carbonyl (C=O) groups is 1. The highest BCUT2D eigenvalue weighted by Gasteiger charge is 2.29. The van der Waals surface area contributed by atoms with Gasteiger partial charge in [-0.2, -0.15) is 0 Å². The lowest BCUT2D eigenvalue weighted by Gasteiger charge is -2.30. The lowest BCUT2D eigenvalue weighted by molar-refractivity contribution is -0.120. The number of alkyl halides is 1. The molecule has 0 bridgehead atoms. The average Bonchev–Trinajstić information content (AvgIpc) is 2.33. The molecule has 0 aromatic heterocycles. The number of halogens is 1. The molecule has 0 saturated carbocycles. The molecule has 16 heavy (non-hydrogen) atoms. The molecule has 1 aliphatic rings. The third kappa shape index (κ3) is 2.13. The summed E-state index contributed by atoms with van der Waals surface area (Å²) in [7, 11) is 0. The molecule has 0 aliphatic carbocycles. The van der Waals surface area contributed by atoms with Crippen molar-refractivity contribution in [2.45, 2.75) is 12.1 Å². The maximum absolute atomic E-state index is 11.1. The first-order valence-electron chi connectivity index (χ1n) is 4.97. The summed E-state index contributed by atoms with van der Waals surface area (Å²) in [5.74, 6) is 0.227. The van der Waals surface area contributed by atoms with E-state index in [2.05, 4.69) is 5.32 Å². The van der Waals surface area contributed by atoms with E-state index < -0.39 is 12.1 Å². The van der Waals surface area contributed by atoms with Crippen LogP contribution in [-0.2, 0) is 4.79 Å². The Labute approximate surface area is 98.2 Å². The van der Waals surface area contributed by atoms with Gasteiger partial charge in [0, 0.05) is 5.56 Å². The van der Waals surface area contributed by atoms with Crippen LogP contribution in [0.4, 0.5) is 0 Å².